The number of hydrogen-bond acceptors (Lipinski definition) is 3. The maximum Gasteiger partial charge on any atom is 0.411 e. The summed E-state index contributed by atoms with van der Waals surface area (Å²) in [5.41, 5.74) is -0.610. The second-order valence-corrected chi connectivity index (χ2v) is 4.69. The first-order chi connectivity index (χ1) is 7.19. The van der Waals surface area contributed by atoms with Crippen molar-refractivity contribution >= 4 is 12.1 Å². The molecule has 0 aromatic rings. The van der Waals surface area contributed by atoms with Crippen LogP contribution in [0.1, 0.15) is 41.0 Å². The summed E-state index contributed by atoms with van der Waals surface area (Å²) in [6.07, 6.45) is 0.112. The van der Waals surface area contributed by atoms with Crippen molar-refractivity contribution in [3.05, 3.63) is 0 Å². The zero-order valence-electron chi connectivity index (χ0n) is 10.6. The van der Waals surface area contributed by atoms with Crippen LogP contribution in [0.3, 0.4) is 0 Å². The van der Waals surface area contributed by atoms with Crippen LogP contribution in [0.2, 0.25) is 0 Å². The standard InChI is InChI=1S/C11H21NO4/c1-6-7-12(8(2)9(13)14)10(15)16-11(3,4)5/h8H,6-7H2,1-5H3,(H,13,14)/t8-/m1/s1. The van der Waals surface area contributed by atoms with Gasteiger partial charge in [-0.15, -0.1) is 0 Å². The molecule has 0 spiro atoms. The van der Waals surface area contributed by atoms with Crippen LogP contribution in [0.5, 0.6) is 0 Å². The van der Waals surface area contributed by atoms with Gasteiger partial charge in [0.15, 0.2) is 0 Å². The summed E-state index contributed by atoms with van der Waals surface area (Å²) in [4.78, 5) is 23.8. The Bertz CT molecular complexity index is 257. The Morgan fingerprint density at radius 2 is 1.88 bits per heavy atom. The molecule has 0 fully saturated rings. The fourth-order valence-corrected chi connectivity index (χ4v) is 1.14. The highest BCUT2D eigenvalue weighted by molar-refractivity contribution is 5.79. The van der Waals surface area contributed by atoms with Crippen molar-refractivity contribution in [2.45, 2.75) is 52.7 Å². The van der Waals surface area contributed by atoms with Gasteiger partial charge in [0.2, 0.25) is 0 Å². The van der Waals surface area contributed by atoms with E-state index < -0.39 is 23.7 Å². The van der Waals surface area contributed by atoms with Gasteiger partial charge >= 0.3 is 12.1 Å². The van der Waals surface area contributed by atoms with Gasteiger partial charge in [0.25, 0.3) is 0 Å². The van der Waals surface area contributed by atoms with Crippen LogP contribution in [-0.2, 0) is 9.53 Å². The van der Waals surface area contributed by atoms with E-state index in [1.165, 1.54) is 11.8 Å². The van der Waals surface area contributed by atoms with Crippen LogP contribution in [-0.4, -0.2) is 40.3 Å². The van der Waals surface area contributed by atoms with Crippen molar-refractivity contribution in [2.24, 2.45) is 0 Å². The van der Waals surface area contributed by atoms with Crippen molar-refractivity contribution in [3.63, 3.8) is 0 Å². The number of nitrogens with zero attached hydrogens (tertiary/aromatic N) is 1. The van der Waals surface area contributed by atoms with E-state index in [9.17, 15) is 9.59 Å². The van der Waals surface area contributed by atoms with E-state index in [1.54, 1.807) is 20.8 Å². The molecule has 0 saturated carbocycles. The van der Waals surface area contributed by atoms with Gasteiger partial charge < -0.3 is 9.84 Å². The van der Waals surface area contributed by atoms with Gasteiger partial charge in [0.05, 0.1) is 0 Å². The van der Waals surface area contributed by atoms with E-state index in [4.69, 9.17) is 9.84 Å². The second kappa shape index (κ2) is 5.72. The highest BCUT2D eigenvalue weighted by Crippen LogP contribution is 2.12. The van der Waals surface area contributed by atoms with Crippen LogP contribution in [0.25, 0.3) is 0 Å². The van der Waals surface area contributed by atoms with Crippen LogP contribution >= 0.6 is 0 Å². The van der Waals surface area contributed by atoms with Gasteiger partial charge in [-0.25, -0.2) is 9.59 Å². The third kappa shape index (κ3) is 5.00. The smallest absolute Gasteiger partial charge is 0.411 e. The first-order valence-corrected chi connectivity index (χ1v) is 5.41. The van der Waals surface area contributed by atoms with E-state index in [1.807, 2.05) is 6.92 Å². The lowest BCUT2D eigenvalue weighted by Gasteiger charge is -2.29. The van der Waals surface area contributed by atoms with Crippen molar-refractivity contribution < 1.29 is 19.4 Å². The molecule has 0 aromatic carbocycles. The molecule has 1 atom stereocenters. The van der Waals surface area contributed by atoms with Gasteiger partial charge in [-0.2, -0.15) is 0 Å². The number of rotatable bonds is 4. The Morgan fingerprint density at radius 3 is 2.19 bits per heavy atom. The SMILES string of the molecule is CCCN(C(=O)OC(C)(C)C)[C@H](C)C(=O)O. The van der Waals surface area contributed by atoms with Crippen molar-refractivity contribution in [1.29, 1.82) is 0 Å². The van der Waals surface area contributed by atoms with Crippen LogP contribution < -0.4 is 0 Å². The van der Waals surface area contributed by atoms with Crippen LogP contribution in [0, 0.1) is 0 Å². The molecule has 0 saturated heterocycles. The van der Waals surface area contributed by atoms with Gasteiger partial charge in [-0.3, -0.25) is 4.90 Å². The Hall–Kier alpha value is -1.26. The third-order valence-corrected chi connectivity index (χ3v) is 1.92. The van der Waals surface area contributed by atoms with Crippen molar-refractivity contribution in [1.82, 2.24) is 4.90 Å². The van der Waals surface area contributed by atoms with Gasteiger partial charge in [0, 0.05) is 6.54 Å². The maximum absolute atomic E-state index is 11.7. The summed E-state index contributed by atoms with van der Waals surface area (Å²) in [7, 11) is 0. The summed E-state index contributed by atoms with van der Waals surface area (Å²) in [6.45, 7) is 8.98. The lowest BCUT2D eigenvalue weighted by Crippen LogP contribution is -2.46. The normalized spacial score (nSPS) is 13.1. The number of carbonyl (C=O) groups is 2. The van der Waals surface area contributed by atoms with E-state index in [0.29, 0.717) is 13.0 Å². The first kappa shape index (κ1) is 14.7. The number of carbonyl (C=O) groups excluding carboxylic acids is 1. The Labute approximate surface area is 96.4 Å². The lowest BCUT2D eigenvalue weighted by atomic mass is 10.2. The van der Waals surface area contributed by atoms with E-state index in [0.717, 1.165) is 0 Å². The molecule has 0 aromatic heterocycles. The zero-order chi connectivity index (χ0) is 12.9. The van der Waals surface area contributed by atoms with E-state index >= 15 is 0 Å². The quantitative estimate of drug-likeness (QED) is 0.804. The predicted octanol–water partition coefficient (Wildman–Crippen LogP) is 2.11. The summed E-state index contributed by atoms with van der Waals surface area (Å²) in [5.74, 6) is -1.03. The molecule has 1 N–H and O–H groups in total. The monoisotopic (exact) mass is 231 g/mol. The first-order valence-electron chi connectivity index (χ1n) is 5.41. The number of ether oxygens (including phenoxy) is 1. The summed E-state index contributed by atoms with van der Waals surface area (Å²) >= 11 is 0. The molecule has 0 rings (SSSR count). The molecule has 1 amide bonds. The predicted molar refractivity (Wildman–Crippen MR) is 60.3 cm³/mol. The number of amides is 1. The third-order valence-electron chi connectivity index (χ3n) is 1.92. The average molecular weight is 231 g/mol. The van der Waals surface area contributed by atoms with Crippen LogP contribution in [0.15, 0.2) is 0 Å². The van der Waals surface area contributed by atoms with E-state index in [2.05, 4.69) is 0 Å². The average Bonchev–Trinajstić information content (AvgIpc) is 2.09. The Kier molecular flexibility index (Phi) is 5.27. The van der Waals surface area contributed by atoms with Crippen molar-refractivity contribution in [3.8, 4) is 0 Å². The number of aliphatic carboxylic acids is 1. The number of carboxylic acids is 1. The molecule has 5 nitrogen and oxygen atoms in total. The molecule has 0 aliphatic rings. The fourth-order valence-electron chi connectivity index (χ4n) is 1.14. The molecule has 5 heteroatoms. The Balaban J connectivity index is 4.65. The minimum atomic E-state index is -1.03. The van der Waals surface area contributed by atoms with Crippen molar-refractivity contribution in [2.75, 3.05) is 6.54 Å². The molecule has 16 heavy (non-hydrogen) atoms. The molecule has 0 unspecified atom stereocenters. The van der Waals surface area contributed by atoms with Crippen LogP contribution in [0.4, 0.5) is 4.79 Å². The van der Waals surface area contributed by atoms with Gasteiger partial charge in [-0.05, 0) is 34.1 Å². The lowest BCUT2D eigenvalue weighted by molar-refractivity contribution is -0.142. The summed E-state index contributed by atoms with van der Waals surface area (Å²) in [5, 5.41) is 8.88. The van der Waals surface area contributed by atoms with E-state index in [-0.39, 0.29) is 0 Å². The molecule has 0 aliphatic carbocycles. The molecule has 0 bridgehead atoms. The molecule has 94 valence electrons. The minimum Gasteiger partial charge on any atom is -0.480 e. The maximum atomic E-state index is 11.7. The summed E-state index contributed by atoms with van der Waals surface area (Å²) in [6, 6.07) is -0.866. The largest absolute Gasteiger partial charge is 0.480 e. The second-order valence-electron chi connectivity index (χ2n) is 4.69. The Morgan fingerprint density at radius 1 is 1.38 bits per heavy atom. The van der Waals surface area contributed by atoms with Gasteiger partial charge in [0.1, 0.15) is 11.6 Å². The molecule has 0 aliphatic heterocycles. The fraction of sp³-hybridized carbons (Fsp3) is 0.818. The molecular formula is C11H21NO4. The van der Waals surface area contributed by atoms with Gasteiger partial charge in [-0.1, -0.05) is 6.92 Å². The summed E-state index contributed by atoms with van der Waals surface area (Å²) < 4.78 is 5.15. The highest BCUT2D eigenvalue weighted by atomic mass is 16.6. The minimum absolute atomic E-state index is 0.377. The highest BCUT2D eigenvalue weighted by Gasteiger charge is 2.28. The number of hydrogen-bond donors (Lipinski definition) is 1. The number of carboxylic acid groups (broad SMARTS) is 1. The zero-order valence-corrected chi connectivity index (χ0v) is 10.6. The molecule has 0 radical (unpaired) electrons. The molecular weight excluding hydrogens is 210 g/mol. The molecule has 0 heterocycles. The topological polar surface area (TPSA) is 66.8 Å².